The van der Waals surface area contributed by atoms with Crippen LogP contribution in [-0.2, 0) is 11.2 Å². The van der Waals surface area contributed by atoms with Crippen molar-refractivity contribution in [1.29, 1.82) is 0 Å². The standard InChI is InChI=1S/C22H16Cl2N2OS/c23-18-12-11-15(13-19(18)24)14-20-21(27)26(17-9-5-2-6-10-17)22(28-20)25-16-7-3-1-4-8-16/h1-13,20H,14H2. The second-order valence-corrected chi connectivity index (χ2v) is 8.28. The number of para-hydroxylation sites is 2. The van der Waals surface area contributed by atoms with Crippen molar-refractivity contribution in [1.82, 2.24) is 0 Å². The number of hydrogen-bond acceptors (Lipinski definition) is 3. The van der Waals surface area contributed by atoms with Crippen molar-refractivity contribution in [3.05, 3.63) is 94.5 Å². The highest BCUT2D eigenvalue weighted by molar-refractivity contribution is 8.16. The van der Waals surface area contributed by atoms with Crippen LogP contribution in [0.2, 0.25) is 10.0 Å². The molecule has 0 radical (unpaired) electrons. The number of aliphatic imine (C=N–C) groups is 1. The second kappa shape index (κ2) is 8.39. The summed E-state index contributed by atoms with van der Waals surface area (Å²) in [5.41, 5.74) is 2.59. The number of rotatable bonds is 4. The highest BCUT2D eigenvalue weighted by atomic mass is 35.5. The minimum absolute atomic E-state index is 0.0111. The van der Waals surface area contributed by atoms with Crippen molar-refractivity contribution in [3.8, 4) is 0 Å². The maximum absolute atomic E-state index is 13.2. The molecule has 3 nitrogen and oxygen atoms in total. The number of nitrogens with zero attached hydrogens (tertiary/aromatic N) is 2. The van der Waals surface area contributed by atoms with Crippen LogP contribution in [-0.4, -0.2) is 16.3 Å². The van der Waals surface area contributed by atoms with Crippen LogP contribution in [0.1, 0.15) is 5.56 Å². The third-order valence-corrected chi connectivity index (χ3v) is 6.21. The van der Waals surface area contributed by atoms with Crippen molar-refractivity contribution >= 4 is 57.4 Å². The Balaban J connectivity index is 1.67. The SMILES string of the molecule is O=C1C(Cc2ccc(Cl)c(Cl)c2)SC(=Nc2ccccc2)N1c1ccccc1. The van der Waals surface area contributed by atoms with E-state index in [0.29, 0.717) is 21.6 Å². The molecule has 0 aromatic heterocycles. The zero-order valence-corrected chi connectivity index (χ0v) is 17.1. The molecule has 1 amide bonds. The molecule has 0 spiro atoms. The van der Waals surface area contributed by atoms with Crippen LogP contribution in [0.5, 0.6) is 0 Å². The molecule has 0 N–H and O–H groups in total. The molecular weight excluding hydrogens is 411 g/mol. The number of amides is 1. The van der Waals surface area contributed by atoms with Crippen molar-refractivity contribution in [2.24, 2.45) is 4.99 Å². The van der Waals surface area contributed by atoms with E-state index >= 15 is 0 Å². The van der Waals surface area contributed by atoms with Gasteiger partial charge in [-0.05, 0) is 48.4 Å². The fourth-order valence-corrected chi connectivity index (χ4v) is 4.50. The number of halogens is 2. The lowest BCUT2D eigenvalue weighted by molar-refractivity contribution is -0.116. The number of thioether (sulfide) groups is 1. The zero-order chi connectivity index (χ0) is 19.5. The van der Waals surface area contributed by atoms with E-state index < -0.39 is 0 Å². The van der Waals surface area contributed by atoms with Gasteiger partial charge in [-0.1, -0.05) is 77.4 Å². The molecule has 1 atom stereocenters. The van der Waals surface area contributed by atoms with E-state index in [0.717, 1.165) is 16.9 Å². The molecule has 1 unspecified atom stereocenters. The van der Waals surface area contributed by atoms with Crippen LogP contribution in [0, 0.1) is 0 Å². The first-order chi connectivity index (χ1) is 13.6. The van der Waals surface area contributed by atoms with Gasteiger partial charge in [0.1, 0.15) is 0 Å². The van der Waals surface area contributed by atoms with Crippen LogP contribution in [0.3, 0.4) is 0 Å². The van der Waals surface area contributed by atoms with E-state index in [2.05, 4.69) is 0 Å². The van der Waals surface area contributed by atoms with Crippen LogP contribution >= 0.6 is 35.0 Å². The van der Waals surface area contributed by atoms with Gasteiger partial charge in [0.15, 0.2) is 5.17 Å². The number of hydrogen-bond donors (Lipinski definition) is 0. The van der Waals surface area contributed by atoms with Gasteiger partial charge in [0, 0.05) is 0 Å². The van der Waals surface area contributed by atoms with Gasteiger partial charge < -0.3 is 0 Å². The van der Waals surface area contributed by atoms with Crippen LogP contribution in [0.15, 0.2) is 83.9 Å². The number of anilines is 1. The molecule has 3 aromatic rings. The van der Waals surface area contributed by atoms with Gasteiger partial charge in [0.25, 0.3) is 0 Å². The van der Waals surface area contributed by atoms with Crippen LogP contribution in [0.4, 0.5) is 11.4 Å². The van der Waals surface area contributed by atoms with E-state index in [1.165, 1.54) is 11.8 Å². The number of carbonyl (C=O) groups excluding carboxylic acids is 1. The first kappa shape index (κ1) is 19.1. The highest BCUT2D eigenvalue weighted by Crippen LogP contribution is 2.36. The normalized spacial score (nSPS) is 18.1. The van der Waals surface area contributed by atoms with Crippen molar-refractivity contribution in [2.75, 3.05) is 4.90 Å². The molecule has 140 valence electrons. The van der Waals surface area contributed by atoms with Crippen LogP contribution in [0.25, 0.3) is 0 Å². The van der Waals surface area contributed by atoms with Gasteiger partial charge in [0.05, 0.1) is 26.7 Å². The first-order valence-electron chi connectivity index (χ1n) is 8.75. The van der Waals surface area contributed by atoms with E-state index in [1.807, 2.05) is 72.8 Å². The molecule has 6 heteroatoms. The predicted molar refractivity (Wildman–Crippen MR) is 119 cm³/mol. The summed E-state index contributed by atoms with van der Waals surface area (Å²) in [6, 6.07) is 24.7. The Bertz CT molecular complexity index is 1030. The Hall–Kier alpha value is -2.27. The maximum Gasteiger partial charge on any atom is 0.247 e. The minimum Gasteiger partial charge on any atom is -0.273 e. The average Bonchev–Trinajstić information content (AvgIpc) is 3.01. The van der Waals surface area contributed by atoms with E-state index in [-0.39, 0.29) is 11.2 Å². The number of benzene rings is 3. The highest BCUT2D eigenvalue weighted by Gasteiger charge is 2.39. The Morgan fingerprint density at radius 2 is 1.57 bits per heavy atom. The van der Waals surface area contributed by atoms with E-state index in [4.69, 9.17) is 28.2 Å². The molecule has 0 aliphatic carbocycles. The first-order valence-corrected chi connectivity index (χ1v) is 10.4. The summed E-state index contributed by atoms with van der Waals surface area (Å²) >= 11 is 13.6. The lowest BCUT2D eigenvalue weighted by Crippen LogP contribution is -2.32. The largest absolute Gasteiger partial charge is 0.273 e. The molecule has 1 saturated heterocycles. The van der Waals surface area contributed by atoms with Gasteiger partial charge in [-0.25, -0.2) is 4.99 Å². The Morgan fingerprint density at radius 1 is 0.893 bits per heavy atom. The lowest BCUT2D eigenvalue weighted by atomic mass is 10.1. The molecule has 1 heterocycles. The van der Waals surface area contributed by atoms with E-state index in [9.17, 15) is 4.79 Å². The van der Waals surface area contributed by atoms with Gasteiger partial charge in [-0.3, -0.25) is 9.69 Å². The monoisotopic (exact) mass is 426 g/mol. The summed E-state index contributed by atoms with van der Waals surface area (Å²) < 4.78 is 0. The lowest BCUT2D eigenvalue weighted by Gasteiger charge is -2.16. The topological polar surface area (TPSA) is 32.7 Å². The summed E-state index contributed by atoms with van der Waals surface area (Å²) in [7, 11) is 0. The molecule has 1 aliphatic heterocycles. The predicted octanol–water partition coefficient (Wildman–Crippen LogP) is 6.37. The molecular formula is C22H16Cl2N2OS. The minimum atomic E-state index is -0.278. The molecule has 1 fully saturated rings. The summed E-state index contributed by atoms with van der Waals surface area (Å²) in [4.78, 5) is 19.6. The summed E-state index contributed by atoms with van der Waals surface area (Å²) in [5, 5.41) is 1.40. The average molecular weight is 427 g/mol. The van der Waals surface area contributed by atoms with Crippen molar-refractivity contribution in [2.45, 2.75) is 11.7 Å². The molecule has 28 heavy (non-hydrogen) atoms. The molecule has 4 rings (SSSR count). The van der Waals surface area contributed by atoms with Gasteiger partial charge in [0.2, 0.25) is 5.91 Å². The molecule has 1 aliphatic rings. The Kier molecular flexibility index (Phi) is 5.72. The quantitative estimate of drug-likeness (QED) is 0.485. The summed E-state index contributed by atoms with van der Waals surface area (Å²) in [6.45, 7) is 0. The maximum atomic E-state index is 13.2. The Labute approximate surface area is 178 Å². The number of amidine groups is 1. The third-order valence-electron chi connectivity index (χ3n) is 4.34. The smallest absolute Gasteiger partial charge is 0.247 e. The number of carbonyl (C=O) groups is 1. The zero-order valence-electron chi connectivity index (χ0n) is 14.8. The van der Waals surface area contributed by atoms with Crippen molar-refractivity contribution in [3.63, 3.8) is 0 Å². The van der Waals surface area contributed by atoms with Gasteiger partial charge in [-0.15, -0.1) is 0 Å². The summed E-state index contributed by atoms with van der Waals surface area (Å²) in [6.07, 6.45) is 0.553. The molecule has 3 aromatic carbocycles. The Morgan fingerprint density at radius 3 is 2.25 bits per heavy atom. The summed E-state index contributed by atoms with van der Waals surface area (Å²) in [5.74, 6) is 0.0111. The fourth-order valence-electron chi connectivity index (χ4n) is 2.98. The molecule has 0 bridgehead atoms. The van der Waals surface area contributed by atoms with E-state index in [1.54, 1.807) is 11.0 Å². The van der Waals surface area contributed by atoms with Crippen molar-refractivity contribution < 1.29 is 4.79 Å². The third kappa shape index (κ3) is 4.09. The second-order valence-electron chi connectivity index (χ2n) is 6.30. The van der Waals surface area contributed by atoms with Gasteiger partial charge in [-0.2, -0.15) is 0 Å². The van der Waals surface area contributed by atoms with Crippen LogP contribution < -0.4 is 4.90 Å². The molecule has 0 saturated carbocycles. The van der Waals surface area contributed by atoms with Gasteiger partial charge >= 0.3 is 0 Å². The fraction of sp³-hybridized carbons (Fsp3) is 0.0909.